The smallest absolute Gasteiger partial charge is 0.128 e. The minimum atomic E-state index is 0.819. The van der Waals surface area contributed by atoms with Gasteiger partial charge in [-0.1, -0.05) is 12.1 Å². The van der Waals surface area contributed by atoms with Crippen molar-refractivity contribution in [1.82, 2.24) is 15.3 Å². The highest BCUT2D eigenvalue weighted by Gasteiger charge is 2.19. The molecule has 0 saturated heterocycles. The molecule has 1 aromatic heterocycles. The molecule has 2 aromatic rings. The van der Waals surface area contributed by atoms with Gasteiger partial charge in [-0.2, -0.15) is 0 Å². The van der Waals surface area contributed by atoms with Crippen LogP contribution in [0.5, 0.6) is 5.75 Å². The summed E-state index contributed by atoms with van der Waals surface area (Å²) in [6.07, 6.45) is 1.62. The molecule has 4 nitrogen and oxygen atoms in total. The molecule has 1 aromatic carbocycles. The second-order valence-electron chi connectivity index (χ2n) is 3.95. The number of ether oxygens (including phenoxy) is 1. The molecular weight excluding hydrogens is 214 g/mol. The summed E-state index contributed by atoms with van der Waals surface area (Å²) in [6.45, 7) is 1.64. The minimum absolute atomic E-state index is 0.819. The molecular formula is C13H13N3O. The lowest BCUT2D eigenvalue weighted by molar-refractivity contribution is 0.416. The summed E-state index contributed by atoms with van der Waals surface area (Å²) in [5, 5.41) is 3.29. The summed E-state index contributed by atoms with van der Waals surface area (Å²) >= 11 is 0. The van der Waals surface area contributed by atoms with Crippen molar-refractivity contribution >= 4 is 0 Å². The maximum absolute atomic E-state index is 5.38. The van der Waals surface area contributed by atoms with Crippen molar-refractivity contribution in [1.29, 1.82) is 0 Å². The van der Waals surface area contributed by atoms with Crippen LogP contribution in [0.3, 0.4) is 0 Å². The molecule has 0 radical (unpaired) electrons. The third-order valence-electron chi connectivity index (χ3n) is 2.99. The monoisotopic (exact) mass is 227 g/mol. The van der Waals surface area contributed by atoms with E-state index in [9.17, 15) is 0 Å². The Balaban J connectivity index is 2.19. The molecule has 1 aliphatic rings. The van der Waals surface area contributed by atoms with Crippen LogP contribution < -0.4 is 10.1 Å². The first-order valence-corrected chi connectivity index (χ1v) is 5.57. The predicted molar refractivity (Wildman–Crippen MR) is 64.6 cm³/mol. The van der Waals surface area contributed by atoms with Crippen LogP contribution in [-0.4, -0.2) is 17.1 Å². The molecule has 2 heterocycles. The second-order valence-corrected chi connectivity index (χ2v) is 3.95. The van der Waals surface area contributed by atoms with Crippen LogP contribution in [0.4, 0.5) is 0 Å². The van der Waals surface area contributed by atoms with Gasteiger partial charge in [0.1, 0.15) is 12.1 Å². The van der Waals surface area contributed by atoms with Gasteiger partial charge in [0.15, 0.2) is 0 Å². The summed E-state index contributed by atoms with van der Waals surface area (Å²) in [6, 6.07) is 7.93. The third-order valence-corrected chi connectivity index (χ3v) is 2.99. The van der Waals surface area contributed by atoms with Crippen LogP contribution >= 0.6 is 0 Å². The molecule has 0 bridgehead atoms. The van der Waals surface area contributed by atoms with Gasteiger partial charge >= 0.3 is 0 Å². The van der Waals surface area contributed by atoms with E-state index in [0.717, 1.165) is 35.8 Å². The van der Waals surface area contributed by atoms with E-state index in [1.807, 2.05) is 24.3 Å². The Labute approximate surface area is 99.7 Å². The van der Waals surface area contributed by atoms with E-state index in [4.69, 9.17) is 4.74 Å². The first-order chi connectivity index (χ1) is 8.40. The van der Waals surface area contributed by atoms with Gasteiger partial charge in [-0.25, -0.2) is 9.97 Å². The van der Waals surface area contributed by atoms with E-state index in [2.05, 4.69) is 15.3 Å². The van der Waals surface area contributed by atoms with Crippen molar-refractivity contribution in [2.24, 2.45) is 0 Å². The number of nitrogens with one attached hydrogen (secondary N) is 1. The molecule has 0 spiro atoms. The first kappa shape index (κ1) is 10.2. The normalized spacial score (nSPS) is 13.5. The fourth-order valence-corrected chi connectivity index (χ4v) is 2.17. The highest BCUT2D eigenvalue weighted by molar-refractivity contribution is 5.70. The lowest BCUT2D eigenvalue weighted by Gasteiger charge is -2.10. The van der Waals surface area contributed by atoms with Gasteiger partial charge in [0.25, 0.3) is 0 Å². The van der Waals surface area contributed by atoms with Crippen LogP contribution in [-0.2, 0) is 13.1 Å². The predicted octanol–water partition coefficient (Wildman–Crippen LogP) is 1.76. The third kappa shape index (κ3) is 1.66. The Hall–Kier alpha value is -1.94. The zero-order chi connectivity index (χ0) is 11.7. The highest BCUT2D eigenvalue weighted by atomic mass is 16.5. The summed E-state index contributed by atoms with van der Waals surface area (Å²) in [5.74, 6) is 0.848. The van der Waals surface area contributed by atoms with Gasteiger partial charge in [0.05, 0.1) is 18.5 Å². The number of fused-ring (bicyclic) bond motifs is 1. The van der Waals surface area contributed by atoms with Crippen molar-refractivity contribution < 1.29 is 4.74 Å². The quantitative estimate of drug-likeness (QED) is 0.849. The summed E-state index contributed by atoms with van der Waals surface area (Å²) in [5.41, 5.74) is 4.26. The Bertz CT molecular complexity index is 554. The molecule has 0 atom stereocenters. The molecule has 0 amide bonds. The number of nitrogens with zero attached hydrogens (tertiary/aromatic N) is 2. The molecule has 17 heavy (non-hydrogen) atoms. The minimum Gasteiger partial charge on any atom is -0.496 e. The molecule has 86 valence electrons. The molecule has 3 rings (SSSR count). The molecule has 0 unspecified atom stereocenters. The summed E-state index contributed by atoms with van der Waals surface area (Å²) < 4.78 is 5.38. The number of methoxy groups -OCH3 is 1. The van der Waals surface area contributed by atoms with Crippen molar-refractivity contribution in [3.63, 3.8) is 0 Å². The van der Waals surface area contributed by atoms with E-state index < -0.39 is 0 Å². The SMILES string of the molecule is COc1ccccc1-c1ncnc2c1CNC2. The van der Waals surface area contributed by atoms with E-state index in [0.29, 0.717) is 0 Å². The van der Waals surface area contributed by atoms with E-state index in [-0.39, 0.29) is 0 Å². The number of para-hydroxylation sites is 1. The highest BCUT2D eigenvalue weighted by Crippen LogP contribution is 2.32. The average molecular weight is 227 g/mol. The lowest BCUT2D eigenvalue weighted by Crippen LogP contribution is -2.01. The van der Waals surface area contributed by atoms with Crippen molar-refractivity contribution in [3.8, 4) is 17.0 Å². The van der Waals surface area contributed by atoms with Crippen LogP contribution in [0.15, 0.2) is 30.6 Å². The first-order valence-electron chi connectivity index (χ1n) is 5.57. The number of hydrogen-bond donors (Lipinski definition) is 1. The number of benzene rings is 1. The maximum Gasteiger partial charge on any atom is 0.128 e. The van der Waals surface area contributed by atoms with Crippen LogP contribution in [0.25, 0.3) is 11.3 Å². The number of aromatic nitrogens is 2. The van der Waals surface area contributed by atoms with Crippen LogP contribution in [0, 0.1) is 0 Å². The molecule has 1 N–H and O–H groups in total. The van der Waals surface area contributed by atoms with Crippen molar-refractivity contribution in [2.45, 2.75) is 13.1 Å². The zero-order valence-electron chi connectivity index (χ0n) is 9.60. The average Bonchev–Trinajstić information content (AvgIpc) is 2.86. The van der Waals surface area contributed by atoms with E-state index in [1.54, 1.807) is 13.4 Å². The fourth-order valence-electron chi connectivity index (χ4n) is 2.17. The van der Waals surface area contributed by atoms with Gasteiger partial charge < -0.3 is 10.1 Å². The Kier molecular flexibility index (Phi) is 2.49. The summed E-state index contributed by atoms with van der Waals surface area (Å²) in [4.78, 5) is 8.68. The van der Waals surface area contributed by atoms with Gasteiger partial charge in [0.2, 0.25) is 0 Å². The topological polar surface area (TPSA) is 47.0 Å². The number of hydrogen-bond acceptors (Lipinski definition) is 4. The largest absolute Gasteiger partial charge is 0.496 e. The lowest BCUT2D eigenvalue weighted by atomic mass is 10.0. The van der Waals surface area contributed by atoms with Crippen molar-refractivity contribution in [3.05, 3.63) is 41.9 Å². The maximum atomic E-state index is 5.38. The Morgan fingerprint density at radius 3 is 2.94 bits per heavy atom. The molecule has 0 saturated carbocycles. The Morgan fingerprint density at radius 1 is 1.18 bits per heavy atom. The molecule has 0 aliphatic carbocycles. The number of rotatable bonds is 2. The standard InChI is InChI=1S/C13H13N3O/c1-17-12-5-3-2-4-9(12)13-10-6-14-7-11(10)15-8-16-13/h2-5,8,14H,6-7H2,1H3. The molecule has 0 fully saturated rings. The van der Waals surface area contributed by atoms with E-state index >= 15 is 0 Å². The van der Waals surface area contributed by atoms with E-state index in [1.165, 1.54) is 5.56 Å². The zero-order valence-corrected chi connectivity index (χ0v) is 9.60. The van der Waals surface area contributed by atoms with Gasteiger partial charge in [0, 0.05) is 24.2 Å². The molecule has 1 aliphatic heterocycles. The van der Waals surface area contributed by atoms with Crippen LogP contribution in [0.1, 0.15) is 11.3 Å². The molecule has 4 heteroatoms. The van der Waals surface area contributed by atoms with Gasteiger partial charge in [-0.15, -0.1) is 0 Å². The van der Waals surface area contributed by atoms with Gasteiger partial charge in [-0.3, -0.25) is 0 Å². The summed E-state index contributed by atoms with van der Waals surface area (Å²) in [7, 11) is 1.68. The second kappa shape index (κ2) is 4.14. The van der Waals surface area contributed by atoms with Crippen LogP contribution in [0.2, 0.25) is 0 Å². The Morgan fingerprint density at radius 2 is 2.06 bits per heavy atom. The fraction of sp³-hybridized carbons (Fsp3) is 0.231. The van der Waals surface area contributed by atoms with Gasteiger partial charge in [-0.05, 0) is 12.1 Å². The van der Waals surface area contributed by atoms with Crippen molar-refractivity contribution in [2.75, 3.05) is 7.11 Å².